The topological polar surface area (TPSA) is 32.3 Å². The highest BCUT2D eigenvalue weighted by molar-refractivity contribution is 5.19. The number of benzene rings is 1. The summed E-state index contributed by atoms with van der Waals surface area (Å²) >= 11 is 0. The summed E-state index contributed by atoms with van der Waals surface area (Å²) in [4.78, 5) is 0. The molecular weight excluding hydrogens is 217 g/mol. The van der Waals surface area contributed by atoms with E-state index in [1.54, 1.807) is 12.1 Å². The molecule has 0 spiro atoms. The van der Waals surface area contributed by atoms with Gasteiger partial charge in [-0.15, -0.1) is 0 Å². The standard InChI is InChI=1S/C14H18FNO/c15-11-3-1-10(2-4-11)7-14(17)8-12-5-6-13(9-14)16-12/h1-4,12-13,16-17H,5-9H2/t12-,13-/m0/s1. The number of nitrogens with one attached hydrogen (secondary N) is 1. The van der Waals surface area contributed by atoms with Gasteiger partial charge in [-0.05, 0) is 43.4 Å². The summed E-state index contributed by atoms with van der Waals surface area (Å²) < 4.78 is 12.8. The van der Waals surface area contributed by atoms with E-state index in [9.17, 15) is 9.50 Å². The van der Waals surface area contributed by atoms with Crippen molar-refractivity contribution < 1.29 is 9.50 Å². The van der Waals surface area contributed by atoms with Gasteiger partial charge in [0.15, 0.2) is 0 Å². The molecule has 2 nitrogen and oxygen atoms in total. The summed E-state index contributed by atoms with van der Waals surface area (Å²) in [6, 6.07) is 7.43. The van der Waals surface area contributed by atoms with Gasteiger partial charge in [0, 0.05) is 18.5 Å². The molecule has 2 aliphatic rings. The van der Waals surface area contributed by atoms with Crippen molar-refractivity contribution in [2.24, 2.45) is 0 Å². The molecule has 0 aliphatic carbocycles. The summed E-state index contributed by atoms with van der Waals surface area (Å²) in [6.07, 6.45) is 4.64. The van der Waals surface area contributed by atoms with Crippen LogP contribution in [0.1, 0.15) is 31.2 Å². The van der Waals surface area contributed by atoms with E-state index in [1.165, 1.54) is 25.0 Å². The smallest absolute Gasteiger partial charge is 0.123 e. The van der Waals surface area contributed by atoms with Gasteiger partial charge in [-0.2, -0.15) is 0 Å². The van der Waals surface area contributed by atoms with Gasteiger partial charge in [0.1, 0.15) is 5.82 Å². The minimum absolute atomic E-state index is 0.217. The second-order valence-corrected chi connectivity index (χ2v) is 5.57. The maximum Gasteiger partial charge on any atom is 0.123 e. The lowest BCUT2D eigenvalue weighted by atomic mass is 9.82. The van der Waals surface area contributed by atoms with Gasteiger partial charge in [0.05, 0.1) is 5.60 Å². The molecule has 2 bridgehead atoms. The molecule has 0 amide bonds. The van der Waals surface area contributed by atoms with Gasteiger partial charge in [-0.25, -0.2) is 4.39 Å². The van der Waals surface area contributed by atoms with E-state index in [-0.39, 0.29) is 5.82 Å². The fraction of sp³-hybridized carbons (Fsp3) is 0.571. The molecule has 17 heavy (non-hydrogen) atoms. The average molecular weight is 235 g/mol. The van der Waals surface area contributed by atoms with E-state index in [0.29, 0.717) is 18.5 Å². The summed E-state index contributed by atoms with van der Waals surface area (Å²) in [5.74, 6) is -0.217. The van der Waals surface area contributed by atoms with Crippen molar-refractivity contribution in [3.05, 3.63) is 35.6 Å². The molecule has 0 unspecified atom stereocenters. The molecular formula is C14H18FNO. The molecule has 0 saturated carbocycles. The van der Waals surface area contributed by atoms with E-state index >= 15 is 0 Å². The Morgan fingerprint density at radius 3 is 2.35 bits per heavy atom. The molecule has 2 aliphatic heterocycles. The van der Waals surface area contributed by atoms with Crippen molar-refractivity contribution in [2.45, 2.75) is 49.8 Å². The van der Waals surface area contributed by atoms with Crippen LogP contribution in [0, 0.1) is 5.82 Å². The summed E-state index contributed by atoms with van der Waals surface area (Å²) in [6.45, 7) is 0. The van der Waals surface area contributed by atoms with Crippen LogP contribution in [0.25, 0.3) is 0 Å². The van der Waals surface area contributed by atoms with Crippen molar-refractivity contribution in [3.8, 4) is 0 Å². The Hall–Kier alpha value is -0.930. The molecule has 2 heterocycles. The van der Waals surface area contributed by atoms with Crippen LogP contribution in [0.2, 0.25) is 0 Å². The minimum atomic E-state index is -0.602. The van der Waals surface area contributed by atoms with E-state index in [2.05, 4.69) is 5.32 Å². The summed E-state index contributed by atoms with van der Waals surface area (Å²) in [7, 11) is 0. The lowest BCUT2D eigenvalue weighted by Crippen LogP contribution is -2.49. The Kier molecular flexibility index (Phi) is 2.68. The molecule has 2 saturated heterocycles. The van der Waals surface area contributed by atoms with Crippen LogP contribution in [0.4, 0.5) is 4.39 Å². The van der Waals surface area contributed by atoms with Gasteiger partial charge in [-0.1, -0.05) is 12.1 Å². The first kappa shape index (κ1) is 11.2. The first-order chi connectivity index (χ1) is 8.13. The SMILES string of the molecule is OC1(Cc2ccc(F)cc2)C[C@@H]2CC[C@@H](C1)N2. The largest absolute Gasteiger partial charge is 0.389 e. The van der Waals surface area contributed by atoms with E-state index in [0.717, 1.165) is 18.4 Å². The van der Waals surface area contributed by atoms with Crippen LogP contribution >= 0.6 is 0 Å². The van der Waals surface area contributed by atoms with E-state index < -0.39 is 5.60 Å². The number of rotatable bonds is 2. The molecule has 1 aromatic rings. The third kappa shape index (κ3) is 2.35. The van der Waals surface area contributed by atoms with Crippen LogP contribution in [0.15, 0.2) is 24.3 Å². The molecule has 92 valence electrons. The second kappa shape index (κ2) is 4.07. The fourth-order valence-corrected chi connectivity index (χ4v) is 3.35. The van der Waals surface area contributed by atoms with Gasteiger partial charge in [0.2, 0.25) is 0 Å². The quantitative estimate of drug-likeness (QED) is 0.822. The highest BCUT2D eigenvalue weighted by atomic mass is 19.1. The Balaban J connectivity index is 1.73. The first-order valence-electron chi connectivity index (χ1n) is 6.36. The molecule has 1 aromatic carbocycles. The number of piperidine rings is 1. The molecule has 3 heteroatoms. The van der Waals surface area contributed by atoms with Gasteiger partial charge < -0.3 is 10.4 Å². The third-order valence-electron chi connectivity index (χ3n) is 4.03. The number of hydrogen-bond acceptors (Lipinski definition) is 2. The minimum Gasteiger partial charge on any atom is -0.389 e. The summed E-state index contributed by atoms with van der Waals surface area (Å²) in [5.41, 5.74) is 0.421. The predicted octanol–water partition coefficient (Wildman–Crippen LogP) is 2.01. The van der Waals surface area contributed by atoms with Crippen LogP contribution in [0.5, 0.6) is 0 Å². The lowest BCUT2D eigenvalue weighted by molar-refractivity contribution is -0.00609. The second-order valence-electron chi connectivity index (χ2n) is 5.57. The molecule has 2 N–H and O–H groups in total. The Bertz CT molecular complexity index is 391. The highest BCUT2D eigenvalue weighted by Crippen LogP contribution is 2.35. The Morgan fingerprint density at radius 1 is 1.18 bits per heavy atom. The number of fused-ring (bicyclic) bond motifs is 2. The van der Waals surface area contributed by atoms with Gasteiger partial charge in [-0.3, -0.25) is 0 Å². The molecule has 0 radical (unpaired) electrons. The lowest BCUT2D eigenvalue weighted by Gasteiger charge is -2.37. The van der Waals surface area contributed by atoms with E-state index in [1.807, 2.05) is 0 Å². The number of hydrogen-bond donors (Lipinski definition) is 2. The third-order valence-corrected chi connectivity index (χ3v) is 4.03. The van der Waals surface area contributed by atoms with Crippen molar-refractivity contribution >= 4 is 0 Å². The zero-order valence-corrected chi connectivity index (χ0v) is 9.82. The average Bonchev–Trinajstić information content (AvgIpc) is 2.62. The maximum absolute atomic E-state index is 12.8. The molecule has 3 rings (SSSR count). The number of aliphatic hydroxyl groups is 1. The van der Waals surface area contributed by atoms with Gasteiger partial charge in [0.25, 0.3) is 0 Å². The maximum atomic E-state index is 12.8. The van der Waals surface area contributed by atoms with Crippen LogP contribution in [-0.4, -0.2) is 22.8 Å². The highest BCUT2D eigenvalue weighted by Gasteiger charge is 2.42. The zero-order chi connectivity index (χ0) is 11.9. The predicted molar refractivity (Wildman–Crippen MR) is 64.2 cm³/mol. The molecule has 0 aromatic heterocycles. The van der Waals surface area contributed by atoms with E-state index in [4.69, 9.17) is 0 Å². The van der Waals surface area contributed by atoms with Crippen LogP contribution in [-0.2, 0) is 6.42 Å². The van der Waals surface area contributed by atoms with Crippen molar-refractivity contribution in [1.29, 1.82) is 0 Å². The zero-order valence-electron chi connectivity index (χ0n) is 9.82. The number of halogens is 1. The van der Waals surface area contributed by atoms with Crippen LogP contribution in [0.3, 0.4) is 0 Å². The van der Waals surface area contributed by atoms with Crippen molar-refractivity contribution in [2.75, 3.05) is 0 Å². The van der Waals surface area contributed by atoms with Crippen molar-refractivity contribution in [1.82, 2.24) is 5.32 Å². The fourth-order valence-electron chi connectivity index (χ4n) is 3.35. The Labute approximate surface area is 101 Å². The monoisotopic (exact) mass is 235 g/mol. The first-order valence-corrected chi connectivity index (χ1v) is 6.36. The van der Waals surface area contributed by atoms with Crippen molar-refractivity contribution in [3.63, 3.8) is 0 Å². The molecule has 2 atom stereocenters. The van der Waals surface area contributed by atoms with Crippen LogP contribution < -0.4 is 5.32 Å². The Morgan fingerprint density at radius 2 is 1.76 bits per heavy atom. The van der Waals surface area contributed by atoms with Gasteiger partial charge >= 0.3 is 0 Å². The summed E-state index contributed by atoms with van der Waals surface area (Å²) in [5, 5.41) is 14.2. The molecule has 2 fully saturated rings. The normalized spacial score (nSPS) is 36.1.